The molecule has 0 aromatic carbocycles. The minimum absolute atomic E-state index is 0. The van der Waals surface area contributed by atoms with Gasteiger partial charge in [-0.3, -0.25) is 9.97 Å². The van der Waals surface area contributed by atoms with Gasteiger partial charge in [-0.2, -0.15) is 5.10 Å². The van der Waals surface area contributed by atoms with Gasteiger partial charge in [0.05, 0.1) is 5.82 Å². The van der Waals surface area contributed by atoms with Crippen molar-refractivity contribution in [2.45, 2.75) is 20.8 Å². The SMILES string of the molecule is Cc1nn[c-]c2c1c(C)nc1c2nc(C)n1C.[W]. The fourth-order valence-electron chi connectivity index (χ4n) is 2.16. The Morgan fingerprint density at radius 1 is 1.06 bits per heavy atom. The number of fused-ring (bicyclic) bond motifs is 3. The van der Waals surface area contributed by atoms with Crippen LogP contribution in [0.25, 0.3) is 21.9 Å². The van der Waals surface area contributed by atoms with Crippen LogP contribution in [0.5, 0.6) is 0 Å². The van der Waals surface area contributed by atoms with Crippen molar-refractivity contribution < 1.29 is 21.1 Å². The first-order valence-electron chi connectivity index (χ1n) is 5.44. The van der Waals surface area contributed by atoms with Gasteiger partial charge in [0.25, 0.3) is 0 Å². The van der Waals surface area contributed by atoms with E-state index in [4.69, 9.17) is 0 Å². The second kappa shape index (κ2) is 4.39. The summed E-state index contributed by atoms with van der Waals surface area (Å²) in [5.41, 5.74) is 3.54. The molecule has 3 aromatic rings. The molecular weight excluding hydrogens is 398 g/mol. The Bertz CT molecular complexity index is 747. The molecule has 0 aliphatic heterocycles. The average molecular weight is 410 g/mol. The maximum atomic E-state index is 4.60. The molecule has 0 amide bonds. The molecule has 3 heterocycles. The molecule has 0 bridgehead atoms. The number of aromatic nitrogens is 5. The van der Waals surface area contributed by atoms with E-state index in [1.165, 1.54) is 0 Å². The van der Waals surface area contributed by atoms with Crippen molar-refractivity contribution in [3.8, 4) is 0 Å². The Morgan fingerprint density at radius 2 is 1.78 bits per heavy atom. The van der Waals surface area contributed by atoms with Crippen molar-refractivity contribution in [2.24, 2.45) is 7.05 Å². The molecule has 18 heavy (non-hydrogen) atoms. The molecule has 0 N–H and O–H groups in total. The predicted molar refractivity (Wildman–Crippen MR) is 64.7 cm³/mol. The fraction of sp³-hybridized carbons (Fsp3) is 0.333. The van der Waals surface area contributed by atoms with E-state index < -0.39 is 0 Å². The molecule has 0 aliphatic rings. The van der Waals surface area contributed by atoms with E-state index in [1.54, 1.807) is 0 Å². The van der Waals surface area contributed by atoms with Crippen LogP contribution in [0.3, 0.4) is 0 Å². The molecule has 0 saturated carbocycles. The summed E-state index contributed by atoms with van der Waals surface area (Å²) in [5, 5.41) is 9.83. The second-order valence-electron chi connectivity index (χ2n) is 4.23. The Labute approximate surface area is 119 Å². The second-order valence-corrected chi connectivity index (χ2v) is 4.23. The number of nitrogens with zero attached hydrogens (tertiary/aromatic N) is 5. The molecule has 3 aromatic heterocycles. The summed E-state index contributed by atoms with van der Waals surface area (Å²) < 4.78 is 1.98. The largest absolute Gasteiger partial charge is 0.327 e. The smallest absolute Gasteiger partial charge is 0.101 e. The van der Waals surface area contributed by atoms with Crippen LogP contribution in [0.2, 0.25) is 0 Å². The minimum atomic E-state index is 0. The molecular formula is C12H12N5W-. The van der Waals surface area contributed by atoms with E-state index >= 15 is 0 Å². The number of imidazole rings is 1. The van der Waals surface area contributed by atoms with Gasteiger partial charge >= 0.3 is 0 Å². The van der Waals surface area contributed by atoms with Crippen molar-refractivity contribution in [2.75, 3.05) is 0 Å². The zero-order chi connectivity index (χ0) is 12.2. The van der Waals surface area contributed by atoms with E-state index in [1.807, 2.05) is 32.4 Å². The standard InChI is InChI=1S/C12H12N5.W/c1-6-10-7(2)16-13-5-9(10)11-12(14-6)17(4)8(3)15-11;/h1-4H3;/q-1;. The van der Waals surface area contributed by atoms with Crippen LogP contribution in [-0.2, 0) is 28.1 Å². The van der Waals surface area contributed by atoms with Crippen LogP contribution in [0, 0.1) is 27.0 Å². The molecule has 5 nitrogen and oxygen atoms in total. The Balaban J connectivity index is 0.00000120. The van der Waals surface area contributed by atoms with Crippen LogP contribution in [0.15, 0.2) is 0 Å². The zero-order valence-electron chi connectivity index (χ0n) is 10.6. The van der Waals surface area contributed by atoms with E-state index in [0.29, 0.717) is 0 Å². The van der Waals surface area contributed by atoms with E-state index in [0.717, 1.165) is 39.1 Å². The van der Waals surface area contributed by atoms with Crippen LogP contribution in [-0.4, -0.2) is 24.7 Å². The third-order valence-electron chi connectivity index (χ3n) is 3.13. The van der Waals surface area contributed by atoms with Crippen LogP contribution >= 0.6 is 0 Å². The van der Waals surface area contributed by atoms with E-state index in [2.05, 4.69) is 26.4 Å². The summed E-state index contributed by atoms with van der Waals surface area (Å²) in [6, 6.07) is 0. The van der Waals surface area contributed by atoms with Crippen LogP contribution in [0.1, 0.15) is 17.2 Å². The molecule has 92 valence electrons. The van der Waals surface area contributed by atoms with E-state index in [-0.39, 0.29) is 21.1 Å². The zero-order valence-corrected chi connectivity index (χ0v) is 13.6. The van der Waals surface area contributed by atoms with Crippen molar-refractivity contribution in [3.63, 3.8) is 0 Å². The molecule has 0 unspecified atom stereocenters. The van der Waals surface area contributed by atoms with Gasteiger partial charge in [0.1, 0.15) is 5.65 Å². The normalized spacial score (nSPS) is 10.9. The maximum Gasteiger partial charge on any atom is 0.101 e. The first-order chi connectivity index (χ1) is 8.09. The Kier molecular flexibility index (Phi) is 3.19. The van der Waals surface area contributed by atoms with Gasteiger partial charge in [-0.15, -0.1) is 5.39 Å². The summed E-state index contributed by atoms with van der Waals surface area (Å²) in [4.78, 5) is 9.12. The Hall–Kier alpha value is -1.35. The van der Waals surface area contributed by atoms with Gasteiger partial charge in [0, 0.05) is 39.3 Å². The minimum Gasteiger partial charge on any atom is -0.327 e. The monoisotopic (exact) mass is 410 g/mol. The van der Waals surface area contributed by atoms with Crippen LogP contribution in [0.4, 0.5) is 0 Å². The maximum absolute atomic E-state index is 4.60. The number of hydrogen-bond donors (Lipinski definition) is 0. The van der Waals surface area contributed by atoms with Crippen LogP contribution < -0.4 is 0 Å². The summed E-state index contributed by atoms with van der Waals surface area (Å²) in [6.07, 6.45) is 2.94. The van der Waals surface area contributed by atoms with Crippen molar-refractivity contribution in [3.05, 3.63) is 23.4 Å². The number of aryl methyl sites for hydroxylation is 4. The van der Waals surface area contributed by atoms with Gasteiger partial charge < -0.3 is 4.57 Å². The molecule has 6 heteroatoms. The summed E-state index contributed by atoms with van der Waals surface area (Å²) >= 11 is 0. The predicted octanol–water partition coefficient (Wildman–Crippen LogP) is 1.63. The van der Waals surface area contributed by atoms with Crippen molar-refractivity contribution >= 4 is 21.9 Å². The molecule has 0 atom stereocenters. The average Bonchev–Trinajstić information content (AvgIpc) is 2.57. The number of rotatable bonds is 0. The molecule has 0 radical (unpaired) electrons. The topological polar surface area (TPSA) is 56.5 Å². The molecule has 0 spiro atoms. The first-order valence-corrected chi connectivity index (χ1v) is 5.44. The van der Waals surface area contributed by atoms with Crippen molar-refractivity contribution in [1.82, 2.24) is 24.7 Å². The van der Waals surface area contributed by atoms with Gasteiger partial charge in [0.15, 0.2) is 0 Å². The number of pyridine rings is 1. The van der Waals surface area contributed by atoms with Gasteiger partial charge in [0.2, 0.25) is 0 Å². The van der Waals surface area contributed by atoms with Gasteiger partial charge in [-0.25, -0.2) is 5.10 Å². The fourth-order valence-corrected chi connectivity index (χ4v) is 2.16. The third-order valence-corrected chi connectivity index (χ3v) is 3.13. The summed E-state index contributed by atoms with van der Waals surface area (Å²) in [5.74, 6) is 0.933. The molecule has 0 saturated heterocycles. The van der Waals surface area contributed by atoms with Crippen molar-refractivity contribution in [1.29, 1.82) is 0 Å². The number of hydrogen-bond acceptors (Lipinski definition) is 4. The Morgan fingerprint density at radius 3 is 2.50 bits per heavy atom. The van der Waals surface area contributed by atoms with E-state index in [9.17, 15) is 0 Å². The van der Waals surface area contributed by atoms with Gasteiger partial charge in [-0.1, -0.05) is 5.39 Å². The van der Waals surface area contributed by atoms with Gasteiger partial charge in [-0.05, 0) is 32.7 Å². The first kappa shape index (κ1) is 13.1. The third kappa shape index (κ3) is 1.65. The summed E-state index contributed by atoms with van der Waals surface area (Å²) in [6.45, 7) is 5.87. The molecule has 3 rings (SSSR count). The molecule has 0 fully saturated rings. The quantitative estimate of drug-likeness (QED) is 0.529. The summed E-state index contributed by atoms with van der Waals surface area (Å²) in [7, 11) is 1.96. The molecule has 0 aliphatic carbocycles.